The Kier molecular flexibility index (Phi) is 8.30. The molecule has 0 saturated carbocycles. The number of anilines is 1. The number of aromatic nitrogens is 3. The molecule has 0 fully saturated rings. The van der Waals surface area contributed by atoms with Crippen molar-refractivity contribution in [1.29, 1.82) is 0 Å². The third-order valence-electron chi connectivity index (χ3n) is 4.70. The Hall–Kier alpha value is -2.84. The molecule has 3 aromatic rings. The van der Waals surface area contributed by atoms with Gasteiger partial charge >= 0.3 is 0 Å². The second-order valence-electron chi connectivity index (χ2n) is 7.74. The average molecular weight is 472 g/mol. The lowest BCUT2D eigenvalue weighted by atomic mass is 10.0. The monoisotopic (exact) mass is 471 g/mol. The predicted molar refractivity (Wildman–Crippen MR) is 128 cm³/mol. The Balaban J connectivity index is 1.69. The van der Waals surface area contributed by atoms with Crippen LogP contribution in [0.1, 0.15) is 42.5 Å². The summed E-state index contributed by atoms with van der Waals surface area (Å²) in [6, 6.07) is 15.9. The molecule has 0 saturated heterocycles. The van der Waals surface area contributed by atoms with E-state index in [0.717, 1.165) is 5.69 Å². The van der Waals surface area contributed by atoms with Crippen LogP contribution in [-0.4, -0.2) is 32.3 Å². The number of carbonyl (C=O) groups excluding carboxylic acids is 2. The van der Waals surface area contributed by atoms with Crippen molar-refractivity contribution in [3.8, 4) is 0 Å². The first-order chi connectivity index (χ1) is 15.3. The Morgan fingerprint density at radius 2 is 1.75 bits per heavy atom. The van der Waals surface area contributed by atoms with Crippen LogP contribution in [0.5, 0.6) is 0 Å². The molecule has 0 aliphatic rings. The molecule has 3 rings (SSSR count). The van der Waals surface area contributed by atoms with Gasteiger partial charge in [0.15, 0.2) is 11.0 Å². The van der Waals surface area contributed by atoms with Gasteiger partial charge in [0.2, 0.25) is 5.91 Å². The molecule has 2 aromatic carbocycles. The van der Waals surface area contributed by atoms with E-state index in [1.165, 1.54) is 11.8 Å². The van der Waals surface area contributed by atoms with E-state index in [2.05, 4.69) is 34.7 Å². The molecule has 2 N–H and O–H groups in total. The number of halogens is 1. The summed E-state index contributed by atoms with van der Waals surface area (Å²) in [7, 11) is 1.84. The van der Waals surface area contributed by atoms with Crippen LogP contribution in [0, 0.1) is 5.92 Å². The van der Waals surface area contributed by atoms with Crippen molar-refractivity contribution in [1.82, 2.24) is 20.1 Å². The summed E-state index contributed by atoms with van der Waals surface area (Å²) >= 11 is 7.48. The highest BCUT2D eigenvalue weighted by Gasteiger charge is 2.24. The van der Waals surface area contributed by atoms with Gasteiger partial charge in [-0.2, -0.15) is 0 Å². The Labute approximate surface area is 197 Å². The van der Waals surface area contributed by atoms with Crippen molar-refractivity contribution in [3.05, 3.63) is 71.0 Å². The number of para-hydroxylation sites is 1. The van der Waals surface area contributed by atoms with Gasteiger partial charge < -0.3 is 15.2 Å². The normalized spacial score (nSPS) is 11.9. The van der Waals surface area contributed by atoms with Crippen LogP contribution in [-0.2, 0) is 11.8 Å². The highest BCUT2D eigenvalue weighted by molar-refractivity contribution is 7.99. The van der Waals surface area contributed by atoms with Crippen molar-refractivity contribution in [2.75, 3.05) is 11.1 Å². The van der Waals surface area contributed by atoms with Crippen molar-refractivity contribution < 1.29 is 9.59 Å². The van der Waals surface area contributed by atoms with Gasteiger partial charge in [-0.3, -0.25) is 9.59 Å². The Bertz CT molecular complexity index is 1070. The van der Waals surface area contributed by atoms with Gasteiger partial charge in [-0.05, 0) is 36.6 Å². The van der Waals surface area contributed by atoms with Crippen LogP contribution in [0.15, 0.2) is 59.8 Å². The van der Waals surface area contributed by atoms with E-state index in [0.29, 0.717) is 33.9 Å². The molecular formula is C23H26ClN5O2S. The first-order valence-corrected chi connectivity index (χ1v) is 11.6. The highest BCUT2D eigenvalue weighted by atomic mass is 35.5. The highest BCUT2D eigenvalue weighted by Crippen LogP contribution is 2.25. The topological polar surface area (TPSA) is 88.9 Å². The minimum atomic E-state index is -0.344. The standard InChI is InChI=1S/C23H26ClN5O2S/c1-15(2)13-19(26-22(31)17-11-7-8-12-18(17)24)21-27-28-23(29(21)3)32-14-20(30)25-16-9-5-4-6-10-16/h4-12,15,19H,13-14H2,1-3H3,(H,25,30)(H,26,31). The van der Waals surface area contributed by atoms with Crippen LogP contribution in [0.4, 0.5) is 5.69 Å². The molecular weight excluding hydrogens is 446 g/mol. The lowest BCUT2D eigenvalue weighted by Gasteiger charge is -2.20. The number of rotatable bonds is 9. The van der Waals surface area contributed by atoms with E-state index < -0.39 is 0 Å². The molecule has 32 heavy (non-hydrogen) atoms. The maximum atomic E-state index is 12.8. The maximum absolute atomic E-state index is 12.8. The van der Waals surface area contributed by atoms with Crippen molar-refractivity contribution in [3.63, 3.8) is 0 Å². The van der Waals surface area contributed by atoms with Crippen LogP contribution in [0.3, 0.4) is 0 Å². The Morgan fingerprint density at radius 3 is 2.44 bits per heavy atom. The molecule has 0 radical (unpaired) electrons. The molecule has 7 nitrogen and oxygen atoms in total. The quantitative estimate of drug-likeness (QED) is 0.441. The number of nitrogens with zero attached hydrogens (tertiary/aromatic N) is 3. The molecule has 1 heterocycles. The molecule has 1 atom stereocenters. The lowest BCUT2D eigenvalue weighted by molar-refractivity contribution is -0.113. The van der Waals surface area contributed by atoms with E-state index in [1.54, 1.807) is 24.3 Å². The second kappa shape index (κ2) is 11.2. The van der Waals surface area contributed by atoms with E-state index in [4.69, 9.17) is 11.6 Å². The van der Waals surface area contributed by atoms with Crippen molar-refractivity contribution in [2.24, 2.45) is 13.0 Å². The fraction of sp³-hybridized carbons (Fsp3) is 0.304. The molecule has 0 bridgehead atoms. The fourth-order valence-electron chi connectivity index (χ4n) is 3.19. The lowest BCUT2D eigenvalue weighted by Crippen LogP contribution is -2.31. The maximum Gasteiger partial charge on any atom is 0.253 e. The third-order valence-corrected chi connectivity index (χ3v) is 6.05. The summed E-state index contributed by atoms with van der Waals surface area (Å²) in [6.45, 7) is 4.16. The van der Waals surface area contributed by atoms with Crippen LogP contribution in [0.25, 0.3) is 0 Å². The molecule has 0 spiro atoms. The third kappa shape index (κ3) is 6.34. The molecule has 1 aromatic heterocycles. The van der Waals surface area contributed by atoms with Gasteiger partial charge in [-0.15, -0.1) is 10.2 Å². The zero-order valence-electron chi connectivity index (χ0n) is 18.2. The number of hydrogen-bond donors (Lipinski definition) is 2. The van der Waals surface area contributed by atoms with Gasteiger partial charge in [-0.1, -0.05) is 67.5 Å². The van der Waals surface area contributed by atoms with Gasteiger partial charge in [0, 0.05) is 12.7 Å². The summed E-state index contributed by atoms with van der Waals surface area (Å²) in [5, 5.41) is 15.4. The number of nitrogens with one attached hydrogen (secondary N) is 2. The van der Waals surface area contributed by atoms with Crippen LogP contribution < -0.4 is 10.6 Å². The number of carbonyl (C=O) groups is 2. The molecule has 1 unspecified atom stereocenters. The SMILES string of the molecule is CC(C)CC(NC(=O)c1ccccc1Cl)c1nnc(SCC(=O)Nc2ccccc2)n1C. The largest absolute Gasteiger partial charge is 0.342 e. The molecule has 9 heteroatoms. The average Bonchev–Trinajstić information content (AvgIpc) is 3.12. The molecule has 168 valence electrons. The van der Waals surface area contributed by atoms with Crippen LogP contribution >= 0.6 is 23.4 Å². The molecule has 0 aliphatic heterocycles. The molecule has 2 amide bonds. The van der Waals surface area contributed by atoms with E-state index >= 15 is 0 Å². The number of hydrogen-bond acceptors (Lipinski definition) is 5. The van der Waals surface area contributed by atoms with Gasteiger partial charge in [0.25, 0.3) is 5.91 Å². The van der Waals surface area contributed by atoms with E-state index in [-0.39, 0.29) is 23.6 Å². The van der Waals surface area contributed by atoms with E-state index in [1.807, 2.05) is 41.9 Å². The van der Waals surface area contributed by atoms with Gasteiger partial charge in [-0.25, -0.2) is 0 Å². The first kappa shape index (κ1) is 23.8. The van der Waals surface area contributed by atoms with Crippen molar-refractivity contribution in [2.45, 2.75) is 31.5 Å². The summed E-state index contributed by atoms with van der Waals surface area (Å²) < 4.78 is 1.82. The molecule has 0 aliphatic carbocycles. The number of amides is 2. The summed E-state index contributed by atoms with van der Waals surface area (Å²) in [4.78, 5) is 25.1. The number of benzene rings is 2. The smallest absolute Gasteiger partial charge is 0.253 e. The predicted octanol–water partition coefficient (Wildman–Crippen LogP) is 4.72. The van der Waals surface area contributed by atoms with Gasteiger partial charge in [0.1, 0.15) is 0 Å². The summed E-state index contributed by atoms with van der Waals surface area (Å²) in [6.07, 6.45) is 0.682. The minimum Gasteiger partial charge on any atom is -0.342 e. The second-order valence-corrected chi connectivity index (χ2v) is 9.09. The summed E-state index contributed by atoms with van der Waals surface area (Å²) in [5.41, 5.74) is 1.16. The first-order valence-electron chi connectivity index (χ1n) is 10.3. The van der Waals surface area contributed by atoms with Crippen LogP contribution in [0.2, 0.25) is 5.02 Å². The van der Waals surface area contributed by atoms with Gasteiger partial charge in [0.05, 0.1) is 22.4 Å². The minimum absolute atomic E-state index is 0.128. The summed E-state index contributed by atoms with van der Waals surface area (Å²) in [5.74, 6) is 0.750. The zero-order chi connectivity index (χ0) is 23.1. The Morgan fingerprint density at radius 1 is 1.06 bits per heavy atom. The van der Waals surface area contributed by atoms with E-state index in [9.17, 15) is 9.59 Å². The number of thioether (sulfide) groups is 1. The fourth-order valence-corrected chi connectivity index (χ4v) is 4.13. The van der Waals surface area contributed by atoms with Crippen molar-refractivity contribution >= 4 is 40.9 Å². The zero-order valence-corrected chi connectivity index (χ0v) is 19.8.